The van der Waals surface area contributed by atoms with Crippen LogP contribution in [0.4, 0.5) is 0 Å². The molecule has 5 heterocycles. The van der Waals surface area contributed by atoms with E-state index in [0.29, 0.717) is 30.9 Å². The Hall–Kier alpha value is -4.74. The highest BCUT2D eigenvalue weighted by Gasteiger charge is 2.25. The average molecular weight is 712 g/mol. The molecular weight excluding hydrogens is 658 g/mol. The van der Waals surface area contributed by atoms with Gasteiger partial charge in [-0.15, -0.1) is 0 Å². The normalized spacial score (nSPS) is 16.7. The van der Waals surface area contributed by atoms with E-state index >= 15 is 0 Å². The molecule has 11 heteroatoms. The zero-order valence-corrected chi connectivity index (χ0v) is 30.7. The maximum Gasteiger partial charge on any atom is 0.352 e. The van der Waals surface area contributed by atoms with Crippen LogP contribution in [0.15, 0.2) is 71.5 Å². The molecule has 2 fully saturated rings. The van der Waals surface area contributed by atoms with E-state index in [4.69, 9.17) is 19.0 Å². The fourth-order valence-corrected chi connectivity index (χ4v) is 7.08. The van der Waals surface area contributed by atoms with Crippen LogP contribution in [0.2, 0.25) is 0 Å². The number of aromatic nitrogens is 2. The zero-order chi connectivity index (χ0) is 36.5. The van der Waals surface area contributed by atoms with Crippen molar-refractivity contribution in [3.63, 3.8) is 0 Å². The Morgan fingerprint density at radius 2 is 1.50 bits per heavy atom. The van der Waals surface area contributed by atoms with Crippen LogP contribution in [0.25, 0.3) is 21.8 Å². The monoisotopic (exact) mass is 711 g/mol. The summed E-state index contributed by atoms with van der Waals surface area (Å²) in [5.74, 6) is 0.906. The van der Waals surface area contributed by atoms with Crippen molar-refractivity contribution in [2.75, 3.05) is 39.3 Å². The molecule has 0 spiro atoms. The van der Waals surface area contributed by atoms with Crippen molar-refractivity contribution >= 4 is 33.7 Å². The van der Waals surface area contributed by atoms with Gasteiger partial charge < -0.3 is 39.2 Å². The topological polar surface area (TPSA) is 136 Å². The number of carbonyl (C=O) groups excluding carboxylic acids is 1. The summed E-state index contributed by atoms with van der Waals surface area (Å²) in [5.41, 5.74) is 3.42. The van der Waals surface area contributed by atoms with Crippen LogP contribution in [-0.2, 0) is 6.61 Å². The number of aromatic carboxylic acids is 1. The van der Waals surface area contributed by atoms with Crippen molar-refractivity contribution in [3.05, 3.63) is 84.1 Å². The molecule has 11 nitrogen and oxygen atoms in total. The number of benzene rings is 2. The third-order valence-corrected chi connectivity index (χ3v) is 9.98. The number of piperidine rings is 1. The highest BCUT2D eigenvalue weighted by Crippen LogP contribution is 2.28. The summed E-state index contributed by atoms with van der Waals surface area (Å²) in [6.07, 6.45) is 10.7. The van der Waals surface area contributed by atoms with Crippen LogP contribution in [-0.4, -0.2) is 88.2 Å². The number of furan rings is 1. The van der Waals surface area contributed by atoms with Crippen molar-refractivity contribution in [1.29, 1.82) is 0 Å². The van der Waals surface area contributed by atoms with Crippen LogP contribution < -0.4 is 14.8 Å². The van der Waals surface area contributed by atoms with Gasteiger partial charge in [0.1, 0.15) is 29.5 Å². The fourth-order valence-electron chi connectivity index (χ4n) is 7.08. The lowest BCUT2D eigenvalue weighted by atomic mass is 10.0. The Labute approximate surface area is 305 Å². The SMILES string of the molecule is CC(C)COc1cccc2[nH]c(C(=O)O)cc12.C[C@H](CN1CCC(NC(=O)c2cc3c(OCc4ccoc4)cccc3[nH]2)CC1)N1CCCCCC1. The van der Waals surface area contributed by atoms with Crippen molar-refractivity contribution in [1.82, 2.24) is 25.1 Å². The van der Waals surface area contributed by atoms with Crippen molar-refractivity contribution < 1.29 is 28.6 Å². The van der Waals surface area contributed by atoms with Gasteiger partial charge in [-0.05, 0) is 94.1 Å². The van der Waals surface area contributed by atoms with E-state index in [1.165, 1.54) is 38.8 Å². The first-order valence-electron chi connectivity index (χ1n) is 18.7. The molecule has 0 aliphatic carbocycles. The summed E-state index contributed by atoms with van der Waals surface area (Å²) >= 11 is 0. The number of hydrogen-bond donors (Lipinski definition) is 4. The van der Waals surface area contributed by atoms with Gasteiger partial charge in [-0.3, -0.25) is 9.69 Å². The van der Waals surface area contributed by atoms with Gasteiger partial charge in [-0.2, -0.15) is 0 Å². The number of hydrogen-bond acceptors (Lipinski definition) is 7. The molecule has 2 aliphatic rings. The van der Waals surface area contributed by atoms with Gasteiger partial charge in [0.05, 0.1) is 19.1 Å². The minimum Gasteiger partial charge on any atom is -0.493 e. The molecule has 1 atom stereocenters. The number of nitrogens with zero attached hydrogens (tertiary/aromatic N) is 2. The Kier molecular flexibility index (Phi) is 12.6. The third-order valence-electron chi connectivity index (χ3n) is 9.98. The lowest BCUT2D eigenvalue weighted by molar-refractivity contribution is 0.0691. The van der Waals surface area contributed by atoms with Gasteiger partial charge in [-0.25, -0.2) is 4.79 Å². The molecule has 278 valence electrons. The number of fused-ring (bicyclic) bond motifs is 2. The first-order chi connectivity index (χ1) is 25.2. The molecule has 0 unspecified atom stereocenters. The van der Waals surface area contributed by atoms with Gasteiger partial charge in [0, 0.05) is 59.1 Å². The first kappa shape index (κ1) is 37.0. The number of ether oxygens (including phenoxy) is 2. The summed E-state index contributed by atoms with van der Waals surface area (Å²) in [4.78, 5) is 35.3. The van der Waals surface area contributed by atoms with Crippen molar-refractivity contribution in [2.45, 2.75) is 78.0 Å². The Balaban J connectivity index is 0.000000229. The predicted octanol–water partition coefficient (Wildman–Crippen LogP) is 7.70. The largest absolute Gasteiger partial charge is 0.493 e. The molecule has 5 aromatic rings. The van der Waals surface area contributed by atoms with Gasteiger partial charge in [0.25, 0.3) is 5.91 Å². The van der Waals surface area contributed by atoms with Gasteiger partial charge in [-0.1, -0.05) is 38.8 Å². The number of H-pyrrole nitrogens is 2. The van der Waals surface area contributed by atoms with E-state index in [-0.39, 0.29) is 17.6 Å². The molecule has 0 bridgehead atoms. The van der Waals surface area contributed by atoms with E-state index in [0.717, 1.165) is 71.3 Å². The number of carboxylic acids is 1. The lowest BCUT2D eigenvalue weighted by Gasteiger charge is -2.37. The highest BCUT2D eigenvalue weighted by atomic mass is 16.5. The quantitative estimate of drug-likeness (QED) is 0.103. The second-order valence-corrected chi connectivity index (χ2v) is 14.6. The Morgan fingerprint density at radius 1 is 0.865 bits per heavy atom. The summed E-state index contributed by atoms with van der Waals surface area (Å²) in [6, 6.07) is 17.6. The predicted molar refractivity (Wildman–Crippen MR) is 203 cm³/mol. The van der Waals surface area contributed by atoms with Gasteiger partial charge >= 0.3 is 5.97 Å². The molecule has 4 N–H and O–H groups in total. The number of rotatable bonds is 12. The molecule has 2 aliphatic heterocycles. The van der Waals surface area contributed by atoms with E-state index in [1.807, 2.05) is 48.5 Å². The highest BCUT2D eigenvalue weighted by molar-refractivity contribution is 6.00. The molecule has 2 saturated heterocycles. The maximum absolute atomic E-state index is 13.0. The molecule has 1 amide bonds. The molecule has 0 radical (unpaired) electrons. The molecule has 0 saturated carbocycles. The van der Waals surface area contributed by atoms with Crippen LogP contribution in [0.3, 0.4) is 0 Å². The van der Waals surface area contributed by atoms with Crippen LogP contribution >= 0.6 is 0 Å². The van der Waals surface area contributed by atoms with E-state index in [9.17, 15) is 9.59 Å². The molecule has 3 aromatic heterocycles. The number of carbonyl (C=O) groups is 2. The van der Waals surface area contributed by atoms with Crippen molar-refractivity contribution in [3.8, 4) is 11.5 Å². The van der Waals surface area contributed by atoms with Crippen molar-refractivity contribution in [2.24, 2.45) is 5.92 Å². The molecule has 2 aromatic carbocycles. The number of nitrogens with one attached hydrogen (secondary N) is 3. The van der Waals surface area contributed by atoms with Crippen LogP contribution in [0.5, 0.6) is 11.5 Å². The number of aromatic amines is 2. The van der Waals surface area contributed by atoms with Gasteiger partial charge in [0.15, 0.2) is 0 Å². The Bertz CT molecular complexity index is 1880. The second kappa shape index (κ2) is 17.7. The Morgan fingerprint density at radius 3 is 2.12 bits per heavy atom. The minimum atomic E-state index is -0.962. The van der Waals surface area contributed by atoms with E-state index in [1.54, 1.807) is 18.6 Å². The van der Waals surface area contributed by atoms with E-state index in [2.05, 4.69) is 45.9 Å². The minimum absolute atomic E-state index is 0.0432. The third kappa shape index (κ3) is 9.77. The van der Waals surface area contributed by atoms with Crippen LogP contribution in [0, 0.1) is 5.92 Å². The molecule has 52 heavy (non-hydrogen) atoms. The summed E-state index contributed by atoms with van der Waals surface area (Å²) in [7, 11) is 0. The number of carboxylic acid groups (broad SMARTS) is 1. The smallest absolute Gasteiger partial charge is 0.352 e. The summed E-state index contributed by atoms with van der Waals surface area (Å²) < 4.78 is 16.8. The summed E-state index contributed by atoms with van der Waals surface area (Å²) in [6.45, 7) is 13.3. The number of likely N-dealkylation sites (tertiary alicyclic amines) is 2. The zero-order valence-electron chi connectivity index (χ0n) is 30.7. The average Bonchev–Trinajstić information content (AvgIpc) is 3.88. The molecular formula is C41H53N5O6. The lowest BCUT2D eigenvalue weighted by Crippen LogP contribution is -2.49. The first-order valence-corrected chi connectivity index (χ1v) is 18.7. The number of amides is 1. The van der Waals surface area contributed by atoms with E-state index < -0.39 is 5.97 Å². The van der Waals surface area contributed by atoms with Crippen LogP contribution in [0.1, 0.15) is 85.8 Å². The maximum atomic E-state index is 13.0. The second-order valence-electron chi connectivity index (χ2n) is 14.6. The summed E-state index contributed by atoms with van der Waals surface area (Å²) in [5, 5.41) is 13.9. The fraction of sp³-hybridized carbons (Fsp3) is 0.463. The standard InChI is InChI=1S/C28H38N4O3.C13H15NO3/c1-21(32-12-4-2-3-5-13-32)18-31-14-9-23(10-15-31)29-28(33)26-17-24-25(30-26)7-6-8-27(24)35-20-22-11-16-34-19-22;1-8(2)7-17-12-5-3-4-10-9(12)6-11(14-10)13(15)16/h6-8,11,16-17,19,21,23,30H,2-5,9-10,12-15,18,20H2,1H3,(H,29,33);3-6,8,14H,7H2,1-2H3,(H,15,16)/t21-;/m1./s1. The molecule has 7 rings (SSSR count). The van der Waals surface area contributed by atoms with Gasteiger partial charge in [0.2, 0.25) is 0 Å².